The fraction of sp³-hybridized carbons (Fsp3) is 0.250. The number of hydrogen-bond donors (Lipinski definition) is 0. The standard InChI is InChI=1S/C12H11BrClNO2/c1-16-8-2-3-10(13)9(6-8)11-7-15-12(17-11)4-5-14/h2-3,6-7H,4-5H2,1H3. The van der Waals surface area contributed by atoms with E-state index in [1.54, 1.807) is 13.3 Å². The third-order valence-electron chi connectivity index (χ3n) is 2.30. The lowest BCUT2D eigenvalue weighted by atomic mass is 10.2. The molecule has 0 saturated heterocycles. The molecule has 0 bridgehead atoms. The van der Waals surface area contributed by atoms with Gasteiger partial charge in [0.2, 0.25) is 0 Å². The van der Waals surface area contributed by atoms with Crippen LogP contribution in [0.5, 0.6) is 5.75 Å². The number of aromatic nitrogens is 1. The second-order valence-electron chi connectivity index (χ2n) is 3.40. The summed E-state index contributed by atoms with van der Waals surface area (Å²) >= 11 is 9.12. The molecule has 90 valence electrons. The number of rotatable bonds is 4. The van der Waals surface area contributed by atoms with Crippen LogP contribution in [0, 0.1) is 0 Å². The van der Waals surface area contributed by atoms with Crippen LogP contribution in [0.25, 0.3) is 11.3 Å². The first-order chi connectivity index (χ1) is 8.24. The lowest BCUT2D eigenvalue weighted by Crippen LogP contribution is -1.85. The van der Waals surface area contributed by atoms with Gasteiger partial charge < -0.3 is 9.15 Å². The van der Waals surface area contributed by atoms with Crippen LogP contribution in [-0.4, -0.2) is 18.0 Å². The summed E-state index contributed by atoms with van der Waals surface area (Å²) in [6.07, 6.45) is 2.32. The van der Waals surface area contributed by atoms with Crippen LogP contribution in [0.2, 0.25) is 0 Å². The molecule has 0 fully saturated rings. The maximum Gasteiger partial charge on any atom is 0.196 e. The smallest absolute Gasteiger partial charge is 0.196 e. The van der Waals surface area contributed by atoms with E-state index in [0.717, 1.165) is 15.8 Å². The molecule has 2 rings (SSSR count). The van der Waals surface area contributed by atoms with E-state index in [9.17, 15) is 0 Å². The summed E-state index contributed by atoms with van der Waals surface area (Å²) < 4.78 is 11.7. The number of methoxy groups -OCH3 is 1. The number of oxazole rings is 1. The highest BCUT2D eigenvalue weighted by Crippen LogP contribution is 2.32. The van der Waals surface area contributed by atoms with E-state index in [1.807, 2.05) is 18.2 Å². The molecular weight excluding hydrogens is 305 g/mol. The van der Waals surface area contributed by atoms with Gasteiger partial charge in [-0.1, -0.05) is 15.9 Å². The molecule has 0 spiro atoms. The van der Waals surface area contributed by atoms with Crippen molar-refractivity contribution in [2.45, 2.75) is 6.42 Å². The summed E-state index contributed by atoms with van der Waals surface area (Å²) in [5.74, 6) is 2.62. The molecule has 0 amide bonds. The molecule has 5 heteroatoms. The number of halogens is 2. The number of nitrogens with zero attached hydrogens (tertiary/aromatic N) is 1. The zero-order chi connectivity index (χ0) is 12.3. The van der Waals surface area contributed by atoms with Crippen molar-refractivity contribution in [1.82, 2.24) is 4.98 Å². The van der Waals surface area contributed by atoms with Crippen molar-refractivity contribution >= 4 is 27.5 Å². The van der Waals surface area contributed by atoms with Crippen molar-refractivity contribution in [2.75, 3.05) is 13.0 Å². The Labute approximate surface area is 113 Å². The van der Waals surface area contributed by atoms with E-state index in [2.05, 4.69) is 20.9 Å². The van der Waals surface area contributed by atoms with Gasteiger partial charge in [-0.15, -0.1) is 11.6 Å². The lowest BCUT2D eigenvalue weighted by Gasteiger charge is -2.04. The van der Waals surface area contributed by atoms with E-state index >= 15 is 0 Å². The van der Waals surface area contributed by atoms with Crippen LogP contribution in [0.15, 0.2) is 33.3 Å². The Kier molecular flexibility index (Phi) is 4.07. The Morgan fingerprint density at radius 2 is 2.29 bits per heavy atom. The maximum absolute atomic E-state index is 5.64. The van der Waals surface area contributed by atoms with Crippen molar-refractivity contribution in [3.8, 4) is 17.1 Å². The van der Waals surface area contributed by atoms with E-state index in [1.165, 1.54) is 0 Å². The Balaban J connectivity index is 2.37. The zero-order valence-corrected chi connectivity index (χ0v) is 11.6. The molecule has 1 heterocycles. The summed E-state index contributed by atoms with van der Waals surface area (Å²) in [6.45, 7) is 0. The zero-order valence-electron chi connectivity index (χ0n) is 9.24. The SMILES string of the molecule is COc1ccc(Br)c(-c2cnc(CCCl)o2)c1. The Bertz CT molecular complexity index is 513. The highest BCUT2D eigenvalue weighted by atomic mass is 79.9. The summed E-state index contributed by atoms with van der Waals surface area (Å²) in [6, 6.07) is 5.69. The van der Waals surface area contributed by atoms with Crippen LogP contribution in [0.1, 0.15) is 5.89 Å². The van der Waals surface area contributed by atoms with E-state index in [-0.39, 0.29) is 0 Å². The van der Waals surface area contributed by atoms with Crippen LogP contribution in [-0.2, 0) is 6.42 Å². The second kappa shape index (κ2) is 5.56. The van der Waals surface area contributed by atoms with Crippen molar-refractivity contribution in [3.63, 3.8) is 0 Å². The van der Waals surface area contributed by atoms with Crippen LogP contribution in [0.4, 0.5) is 0 Å². The van der Waals surface area contributed by atoms with Gasteiger partial charge >= 0.3 is 0 Å². The molecule has 3 nitrogen and oxygen atoms in total. The fourth-order valence-electron chi connectivity index (χ4n) is 1.45. The number of benzene rings is 1. The summed E-state index contributed by atoms with van der Waals surface area (Å²) in [4.78, 5) is 4.17. The molecule has 0 aliphatic rings. The Morgan fingerprint density at radius 1 is 1.47 bits per heavy atom. The highest BCUT2D eigenvalue weighted by molar-refractivity contribution is 9.10. The van der Waals surface area contributed by atoms with Gasteiger partial charge in [0, 0.05) is 22.3 Å². The molecule has 2 aromatic rings. The minimum atomic E-state index is 0.499. The van der Waals surface area contributed by atoms with Gasteiger partial charge in [0.25, 0.3) is 0 Å². The monoisotopic (exact) mass is 315 g/mol. The Morgan fingerprint density at radius 3 is 3.00 bits per heavy atom. The normalized spacial score (nSPS) is 10.5. The van der Waals surface area contributed by atoms with Gasteiger partial charge in [-0.25, -0.2) is 4.98 Å². The van der Waals surface area contributed by atoms with Crippen LogP contribution >= 0.6 is 27.5 Å². The molecule has 0 aliphatic carbocycles. The molecule has 0 aliphatic heterocycles. The largest absolute Gasteiger partial charge is 0.497 e. The van der Waals surface area contributed by atoms with E-state index < -0.39 is 0 Å². The van der Waals surface area contributed by atoms with Gasteiger partial charge in [0.1, 0.15) is 5.75 Å². The predicted molar refractivity (Wildman–Crippen MR) is 70.6 cm³/mol. The molecular formula is C12H11BrClNO2. The van der Waals surface area contributed by atoms with Crippen LogP contribution < -0.4 is 4.74 Å². The van der Waals surface area contributed by atoms with Gasteiger partial charge in [-0.3, -0.25) is 0 Å². The average molecular weight is 317 g/mol. The Hall–Kier alpha value is -1.00. The third-order valence-corrected chi connectivity index (χ3v) is 3.18. The molecule has 0 unspecified atom stereocenters. The van der Waals surface area contributed by atoms with Gasteiger partial charge in [0.15, 0.2) is 11.7 Å². The van der Waals surface area contributed by atoms with Gasteiger partial charge in [0.05, 0.1) is 13.3 Å². The van der Waals surface area contributed by atoms with E-state index in [4.69, 9.17) is 20.8 Å². The molecule has 17 heavy (non-hydrogen) atoms. The maximum atomic E-state index is 5.64. The molecule has 0 saturated carbocycles. The van der Waals surface area contributed by atoms with Gasteiger partial charge in [-0.05, 0) is 18.2 Å². The third kappa shape index (κ3) is 2.82. The fourth-order valence-corrected chi connectivity index (χ4v) is 2.06. The van der Waals surface area contributed by atoms with Crippen LogP contribution in [0.3, 0.4) is 0 Å². The lowest BCUT2D eigenvalue weighted by molar-refractivity contribution is 0.414. The minimum absolute atomic E-state index is 0.499. The first-order valence-electron chi connectivity index (χ1n) is 5.09. The number of aryl methyl sites for hydroxylation is 1. The number of alkyl halides is 1. The van der Waals surface area contributed by atoms with Crippen molar-refractivity contribution in [3.05, 3.63) is 34.8 Å². The molecule has 0 N–H and O–H groups in total. The van der Waals surface area contributed by atoms with Crippen molar-refractivity contribution in [1.29, 1.82) is 0 Å². The molecule has 0 radical (unpaired) electrons. The first-order valence-corrected chi connectivity index (χ1v) is 6.42. The number of ether oxygens (including phenoxy) is 1. The van der Waals surface area contributed by atoms with Gasteiger partial charge in [-0.2, -0.15) is 0 Å². The summed E-state index contributed by atoms with van der Waals surface area (Å²) in [5.41, 5.74) is 0.915. The minimum Gasteiger partial charge on any atom is -0.497 e. The average Bonchev–Trinajstić information content (AvgIpc) is 2.79. The predicted octanol–water partition coefficient (Wildman–Crippen LogP) is 3.89. The molecule has 1 aromatic heterocycles. The highest BCUT2D eigenvalue weighted by Gasteiger charge is 2.10. The quantitative estimate of drug-likeness (QED) is 0.803. The van der Waals surface area contributed by atoms with E-state index in [0.29, 0.717) is 24.0 Å². The topological polar surface area (TPSA) is 35.3 Å². The first kappa shape index (κ1) is 12.5. The second-order valence-corrected chi connectivity index (χ2v) is 4.64. The van der Waals surface area contributed by atoms with Crippen molar-refractivity contribution in [2.24, 2.45) is 0 Å². The number of hydrogen-bond acceptors (Lipinski definition) is 3. The summed E-state index contributed by atoms with van der Waals surface area (Å²) in [5, 5.41) is 0. The molecule has 0 atom stereocenters. The molecule has 1 aromatic carbocycles. The summed E-state index contributed by atoms with van der Waals surface area (Å²) in [7, 11) is 1.63. The van der Waals surface area contributed by atoms with Crippen molar-refractivity contribution < 1.29 is 9.15 Å².